The molecule has 0 unspecified atom stereocenters. The van der Waals surface area contributed by atoms with Gasteiger partial charge in [0.15, 0.2) is 5.82 Å². The van der Waals surface area contributed by atoms with Crippen LogP contribution in [0.3, 0.4) is 0 Å². The van der Waals surface area contributed by atoms with Crippen LogP contribution in [0, 0.1) is 11.8 Å². The zero-order chi connectivity index (χ0) is 26.1. The molecule has 0 spiro atoms. The number of carbonyl (C=O) groups is 2. The zero-order valence-corrected chi connectivity index (χ0v) is 20.1. The van der Waals surface area contributed by atoms with Crippen LogP contribution in [0.15, 0.2) is 53.7 Å². The molecule has 12 heteroatoms. The van der Waals surface area contributed by atoms with Gasteiger partial charge in [-0.15, -0.1) is 0 Å². The SMILES string of the molecule is CN(Cc1cn(S(=O)(=O)c2cccc(C(=O)O)c2)c(-c2cccnc2F)c1F)C(=O)OC(C)(C)C. The molecule has 0 atom stereocenters. The number of amides is 1. The Bertz CT molecular complexity index is 1400. The first-order chi connectivity index (χ1) is 16.2. The quantitative estimate of drug-likeness (QED) is 0.498. The monoisotopic (exact) mass is 507 g/mol. The number of hydrogen-bond acceptors (Lipinski definition) is 6. The highest BCUT2D eigenvalue weighted by Crippen LogP contribution is 2.32. The second-order valence-corrected chi connectivity index (χ2v) is 10.4. The molecule has 3 rings (SSSR count). The van der Waals surface area contributed by atoms with Crippen LogP contribution < -0.4 is 0 Å². The highest BCUT2D eigenvalue weighted by atomic mass is 32.2. The summed E-state index contributed by atoms with van der Waals surface area (Å²) in [6.07, 6.45) is 1.25. The van der Waals surface area contributed by atoms with Crippen molar-refractivity contribution in [3.63, 3.8) is 0 Å². The number of halogens is 2. The van der Waals surface area contributed by atoms with Crippen molar-refractivity contribution in [3.05, 3.63) is 71.7 Å². The summed E-state index contributed by atoms with van der Waals surface area (Å²) in [5.41, 5.74) is -2.46. The summed E-state index contributed by atoms with van der Waals surface area (Å²) in [5.74, 6) is -3.57. The van der Waals surface area contributed by atoms with Gasteiger partial charge < -0.3 is 14.7 Å². The average molecular weight is 508 g/mol. The van der Waals surface area contributed by atoms with Crippen molar-refractivity contribution < 1.29 is 36.6 Å². The normalized spacial score (nSPS) is 11.8. The number of aromatic nitrogens is 2. The van der Waals surface area contributed by atoms with Gasteiger partial charge >= 0.3 is 12.1 Å². The number of pyridine rings is 1. The largest absolute Gasteiger partial charge is 0.478 e. The van der Waals surface area contributed by atoms with Gasteiger partial charge in [0.25, 0.3) is 10.0 Å². The number of benzene rings is 1. The fourth-order valence-electron chi connectivity index (χ4n) is 3.17. The topological polar surface area (TPSA) is 119 Å². The summed E-state index contributed by atoms with van der Waals surface area (Å²) in [4.78, 5) is 27.7. The van der Waals surface area contributed by atoms with Gasteiger partial charge in [-0.25, -0.2) is 31.4 Å². The Morgan fingerprint density at radius 2 is 1.86 bits per heavy atom. The third-order valence-electron chi connectivity index (χ3n) is 4.75. The number of ether oxygens (including phenoxy) is 1. The molecule has 0 fully saturated rings. The number of carboxylic acids is 1. The van der Waals surface area contributed by atoms with E-state index in [1.807, 2.05) is 0 Å². The lowest BCUT2D eigenvalue weighted by Crippen LogP contribution is -2.33. The third-order valence-corrected chi connectivity index (χ3v) is 6.40. The van der Waals surface area contributed by atoms with Crippen molar-refractivity contribution in [2.75, 3.05) is 7.05 Å². The van der Waals surface area contributed by atoms with Gasteiger partial charge in [-0.2, -0.15) is 4.39 Å². The van der Waals surface area contributed by atoms with E-state index < -0.39 is 62.1 Å². The number of carbonyl (C=O) groups excluding carboxylic acids is 1. The molecule has 2 heterocycles. The number of aromatic carboxylic acids is 1. The van der Waals surface area contributed by atoms with Gasteiger partial charge in [0.1, 0.15) is 11.3 Å². The van der Waals surface area contributed by atoms with Crippen molar-refractivity contribution in [3.8, 4) is 11.3 Å². The van der Waals surface area contributed by atoms with Crippen LogP contribution in [0.4, 0.5) is 13.6 Å². The van der Waals surface area contributed by atoms with Gasteiger partial charge in [0, 0.05) is 25.0 Å². The van der Waals surface area contributed by atoms with E-state index in [0.717, 1.165) is 35.5 Å². The molecule has 0 saturated heterocycles. The molecule has 0 radical (unpaired) electrons. The highest BCUT2D eigenvalue weighted by Gasteiger charge is 2.30. The summed E-state index contributed by atoms with van der Waals surface area (Å²) >= 11 is 0. The van der Waals surface area contributed by atoms with E-state index in [1.54, 1.807) is 20.8 Å². The van der Waals surface area contributed by atoms with E-state index in [-0.39, 0.29) is 11.1 Å². The summed E-state index contributed by atoms with van der Waals surface area (Å²) < 4.78 is 62.8. The van der Waals surface area contributed by atoms with E-state index >= 15 is 4.39 Å². The molecule has 0 aliphatic heterocycles. The molecule has 1 amide bonds. The first-order valence-corrected chi connectivity index (χ1v) is 11.7. The predicted molar refractivity (Wildman–Crippen MR) is 121 cm³/mol. The molecule has 1 N–H and O–H groups in total. The van der Waals surface area contributed by atoms with Crippen LogP contribution in [0.2, 0.25) is 0 Å². The predicted octanol–water partition coefficient (Wildman–Crippen LogP) is 4.13. The van der Waals surface area contributed by atoms with Crippen molar-refractivity contribution in [2.45, 2.75) is 37.8 Å². The standard InChI is InChI=1S/C23H23F2N3O6S/c1-23(2,3)34-22(31)27(4)12-15-13-28(19(18(15)24)17-9-6-10-26-20(17)25)35(32,33)16-8-5-7-14(11-16)21(29)30/h5-11,13H,12H2,1-4H3,(H,29,30). The number of rotatable bonds is 6. The Labute approximate surface area is 200 Å². The minimum atomic E-state index is -4.59. The first kappa shape index (κ1) is 25.8. The molecule has 2 aromatic heterocycles. The van der Waals surface area contributed by atoms with Crippen LogP contribution in [-0.4, -0.2) is 52.1 Å². The Balaban J connectivity index is 2.17. The summed E-state index contributed by atoms with van der Waals surface area (Å²) in [5, 5.41) is 9.23. The number of hydrogen-bond donors (Lipinski definition) is 1. The summed E-state index contributed by atoms with van der Waals surface area (Å²) in [6, 6.07) is 6.92. The average Bonchev–Trinajstić information content (AvgIpc) is 3.09. The fraction of sp³-hybridized carbons (Fsp3) is 0.261. The lowest BCUT2D eigenvalue weighted by Gasteiger charge is -2.24. The van der Waals surface area contributed by atoms with Gasteiger partial charge in [-0.05, 0) is 51.1 Å². The molecule has 186 valence electrons. The summed E-state index contributed by atoms with van der Waals surface area (Å²) in [7, 11) is -3.26. The molecular formula is C23H23F2N3O6S. The minimum Gasteiger partial charge on any atom is -0.478 e. The van der Waals surface area contributed by atoms with Crippen molar-refractivity contribution in [1.82, 2.24) is 13.9 Å². The van der Waals surface area contributed by atoms with Crippen LogP contribution in [0.25, 0.3) is 11.3 Å². The third kappa shape index (κ3) is 5.48. The van der Waals surface area contributed by atoms with Crippen LogP contribution in [0.1, 0.15) is 36.7 Å². The maximum Gasteiger partial charge on any atom is 0.410 e. The van der Waals surface area contributed by atoms with E-state index in [9.17, 15) is 27.5 Å². The Morgan fingerprint density at radius 3 is 2.46 bits per heavy atom. The van der Waals surface area contributed by atoms with Gasteiger partial charge in [0.05, 0.1) is 22.6 Å². The second kappa shape index (κ2) is 9.45. The van der Waals surface area contributed by atoms with Gasteiger partial charge in [-0.1, -0.05) is 6.07 Å². The van der Waals surface area contributed by atoms with Crippen LogP contribution in [0.5, 0.6) is 0 Å². The Kier molecular flexibility index (Phi) is 6.97. The lowest BCUT2D eigenvalue weighted by atomic mass is 10.1. The van der Waals surface area contributed by atoms with E-state index in [4.69, 9.17) is 4.74 Å². The van der Waals surface area contributed by atoms with Crippen molar-refractivity contribution in [2.24, 2.45) is 0 Å². The maximum absolute atomic E-state index is 15.6. The molecule has 0 saturated carbocycles. The second-order valence-electron chi connectivity index (χ2n) is 8.63. The van der Waals surface area contributed by atoms with E-state index in [0.29, 0.717) is 3.97 Å². The molecular weight excluding hydrogens is 484 g/mol. The molecule has 0 bridgehead atoms. The molecule has 0 aliphatic rings. The fourth-order valence-corrected chi connectivity index (χ4v) is 4.61. The zero-order valence-electron chi connectivity index (χ0n) is 19.3. The molecule has 0 aliphatic carbocycles. The minimum absolute atomic E-state index is 0.241. The van der Waals surface area contributed by atoms with E-state index in [2.05, 4.69) is 4.98 Å². The summed E-state index contributed by atoms with van der Waals surface area (Å²) in [6.45, 7) is 4.55. The smallest absolute Gasteiger partial charge is 0.410 e. The Hall–Kier alpha value is -3.80. The van der Waals surface area contributed by atoms with Crippen molar-refractivity contribution in [1.29, 1.82) is 0 Å². The van der Waals surface area contributed by atoms with Crippen LogP contribution >= 0.6 is 0 Å². The van der Waals surface area contributed by atoms with Crippen LogP contribution in [-0.2, 0) is 21.3 Å². The molecule has 35 heavy (non-hydrogen) atoms. The first-order valence-electron chi connectivity index (χ1n) is 10.3. The maximum atomic E-state index is 15.6. The molecule has 1 aromatic carbocycles. The van der Waals surface area contributed by atoms with Gasteiger partial charge in [0.2, 0.25) is 5.95 Å². The Morgan fingerprint density at radius 1 is 1.17 bits per heavy atom. The van der Waals surface area contributed by atoms with Gasteiger partial charge in [-0.3, -0.25) is 0 Å². The van der Waals surface area contributed by atoms with Crippen molar-refractivity contribution >= 4 is 22.1 Å². The molecule has 3 aromatic rings. The highest BCUT2D eigenvalue weighted by molar-refractivity contribution is 7.90. The molecule has 9 nitrogen and oxygen atoms in total. The number of carboxylic acid groups (broad SMARTS) is 1. The van der Waals surface area contributed by atoms with E-state index in [1.165, 1.54) is 25.2 Å². The lowest BCUT2D eigenvalue weighted by molar-refractivity contribution is 0.0283. The number of nitrogens with zero attached hydrogens (tertiary/aromatic N) is 3.